The van der Waals surface area contributed by atoms with E-state index >= 15 is 0 Å². The molecule has 0 aliphatic heterocycles. The quantitative estimate of drug-likeness (QED) is 0.667. The van der Waals surface area contributed by atoms with Gasteiger partial charge in [0, 0.05) is 24.3 Å². The highest BCUT2D eigenvalue weighted by molar-refractivity contribution is 9.10. The van der Waals surface area contributed by atoms with E-state index in [0.717, 1.165) is 15.9 Å². The zero-order valence-electron chi connectivity index (χ0n) is 11.5. The van der Waals surface area contributed by atoms with Crippen LogP contribution in [0.2, 0.25) is 0 Å². The summed E-state index contributed by atoms with van der Waals surface area (Å²) in [7, 11) is 1.95. The Morgan fingerprint density at radius 1 is 1.40 bits per heavy atom. The Balaban J connectivity index is 2.32. The Labute approximate surface area is 127 Å². The van der Waals surface area contributed by atoms with Crippen molar-refractivity contribution in [2.24, 2.45) is 5.73 Å². The summed E-state index contributed by atoms with van der Waals surface area (Å²) in [4.78, 5) is 6.38. The number of aryl methyl sites for hydroxylation is 1. The summed E-state index contributed by atoms with van der Waals surface area (Å²) < 4.78 is 1.05. The van der Waals surface area contributed by atoms with E-state index in [-0.39, 0.29) is 5.84 Å². The van der Waals surface area contributed by atoms with Gasteiger partial charge in [0.1, 0.15) is 11.7 Å². The minimum absolute atomic E-state index is 0.0479. The Hall–Kier alpha value is -1.88. The van der Waals surface area contributed by atoms with E-state index in [9.17, 15) is 0 Å². The van der Waals surface area contributed by atoms with E-state index in [1.807, 2.05) is 37.1 Å². The number of hydrogen-bond acceptors (Lipinski definition) is 3. The van der Waals surface area contributed by atoms with E-state index in [0.29, 0.717) is 12.1 Å². The zero-order chi connectivity index (χ0) is 14.7. The van der Waals surface area contributed by atoms with E-state index in [4.69, 9.17) is 11.1 Å². The summed E-state index contributed by atoms with van der Waals surface area (Å²) >= 11 is 3.47. The average Bonchev–Trinajstić information content (AvgIpc) is 2.37. The van der Waals surface area contributed by atoms with Crippen LogP contribution < -0.4 is 10.6 Å². The van der Waals surface area contributed by atoms with Crippen LogP contribution in [0.4, 0.5) is 5.82 Å². The second-order valence-electron chi connectivity index (χ2n) is 4.73. The fraction of sp³-hybridized carbons (Fsp3) is 0.200. The molecule has 4 nitrogen and oxygen atoms in total. The van der Waals surface area contributed by atoms with Crippen molar-refractivity contribution in [1.82, 2.24) is 4.98 Å². The lowest BCUT2D eigenvalue weighted by Gasteiger charge is -2.22. The van der Waals surface area contributed by atoms with Gasteiger partial charge in [-0.25, -0.2) is 4.98 Å². The third kappa shape index (κ3) is 3.17. The van der Waals surface area contributed by atoms with Crippen molar-refractivity contribution in [1.29, 1.82) is 5.41 Å². The van der Waals surface area contributed by atoms with Crippen molar-refractivity contribution in [3.8, 4) is 0 Å². The monoisotopic (exact) mass is 332 g/mol. The first kappa shape index (κ1) is 14.5. The van der Waals surface area contributed by atoms with Crippen LogP contribution in [0.3, 0.4) is 0 Å². The van der Waals surface area contributed by atoms with Crippen LogP contribution in [-0.4, -0.2) is 17.9 Å². The minimum Gasteiger partial charge on any atom is -0.384 e. The van der Waals surface area contributed by atoms with Crippen LogP contribution in [0.25, 0.3) is 0 Å². The van der Waals surface area contributed by atoms with E-state index in [1.165, 1.54) is 5.56 Å². The van der Waals surface area contributed by atoms with Crippen LogP contribution in [0.1, 0.15) is 16.7 Å². The first-order chi connectivity index (χ1) is 9.49. The van der Waals surface area contributed by atoms with Crippen molar-refractivity contribution >= 4 is 27.6 Å². The Kier molecular flexibility index (Phi) is 4.39. The van der Waals surface area contributed by atoms with Gasteiger partial charge in [0.05, 0.1) is 5.56 Å². The molecule has 104 valence electrons. The molecule has 0 saturated carbocycles. The smallest absolute Gasteiger partial charge is 0.139 e. The second kappa shape index (κ2) is 6.05. The molecule has 2 rings (SSSR count). The second-order valence-corrected chi connectivity index (χ2v) is 5.64. The molecular formula is C15H17BrN4. The topological polar surface area (TPSA) is 66.0 Å². The molecule has 0 unspecified atom stereocenters. The molecule has 2 aromatic rings. The number of amidine groups is 1. The number of pyridine rings is 1. The molecule has 1 heterocycles. The molecule has 0 aliphatic carbocycles. The maximum atomic E-state index is 7.73. The largest absolute Gasteiger partial charge is 0.384 e. The van der Waals surface area contributed by atoms with Crippen molar-refractivity contribution in [2.75, 3.05) is 11.9 Å². The van der Waals surface area contributed by atoms with Crippen LogP contribution in [0.5, 0.6) is 0 Å². The maximum Gasteiger partial charge on any atom is 0.139 e. The van der Waals surface area contributed by atoms with Gasteiger partial charge in [-0.3, -0.25) is 5.41 Å². The van der Waals surface area contributed by atoms with Crippen LogP contribution in [0.15, 0.2) is 41.0 Å². The normalized spacial score (nSPS) is 10.3. The summed E-state index contributed by atoms with van der Waals surface area (Å²) in [5, 5.41) is 7.73. The number of nitrogen functional groups attached to an aromatic ring is 1. The fourth-order valence-electron chi connectivity index (χ4n) is 2.15. The van der Waals surface area contributed by atoms with E-state index in [1.54, 1.807) is 6.20 Å². The molecule has 5 heteroatoms. The number of halogens is 1. The average molecular weight is 333 g/mol. The summed E-state index contributed by atoms with van der Waals surface area (Å²) in [6.45, 7) is 2.64. The molecule has 0 atom stereocenters. The first-order valence-corrected chi connectivity index (χ1v) is 7.04. The molecule has 1 aromatic heterocycles. The highest BCUT2D eigenvalue weighted by Crippen LogP contribution is 2.22. The molecule has 0 spiro atoms. The maximum absolute atomic E-state index is 7.73. The van der Waals surface area contributed by atoms with E-state index in [2.05, 4.69) is 33.0 Å². The lowest BCUT2D eigenvalue weighted by molar-refractivity contribution is 0.893. The Morgan fingerprint density at radius 3 is 2.80 bits per heavy atom. The lowest BCUT2D eigenvalue weighted by Crippen LogP contribution is -2.24. The zero-order valence-corrected chi connectivity index (χ0v) is 13.1. The van der Waals surface area contributed by atoms with Crippen LogP contribution >= 0.6 is 15.9 Å². The van der Waals surface area contributed by atoms with Gasteiger partial charge in [-0.05, 0) is 36.2 Å². The SMILES string of the molecule is Cc1ccnc(N(C)Cc2cccc(Br)c2)c1C(=N)N. The molecule has 0 saturated heterocycles. The number of anilines is 1. The van der Waals surface area contributed by atoms with Gasteiger partial charge >= 0.3 is 0 Å². The van der Waals surface area contributed by atoms with Gasteiger partial charge in [0.25, 0.3) is 0 Å². The number of nitrogens with two attached hydrogens (primary N) is 1. The molecule has 1 aromatic carbocycles. The third-order valence-electron chi connectivity index (χ3n) is 3.08. The highest BCUT2D eigenvalue weighted by atomic mass is 79.9. The predicted octanol–water partition coefficient (Wildman–Crippen LogP) is 3.07. The predicted molar refractivity (Wildman–Crippen MR) is 86.2 cm³/mol. The first-order valence-electron chi connectivity index (χ1n) is 6.24. The van der Waals surface area contributed by atoms with Crippen LogP contribution in [0, 0.1) is 12.3 Å². The van der Waals surface area contributed by atoms with E-state index < -0.39 is 0 Å². The van der Waals surface area contributed by atoms with Gasteiger partial charge in [0.2, 0.25) is 0 Å². The Bertz CT molecular complexity index is 640. The van der Waals surface area contributed by atoms with Crippen molar-refractivity contribution in [3.63, 3.8) is 0 Å². The lowest BCUT2D eigenvalue weighted by atomic mass is 10.1. The molecule has 0 fully saturated rings. The number of benzene rings is 1. The third-order valence-corrected chi connectivity index (χ3v) is 3.57. The van der Waals surface area contributed by atoms with Crippen molar-refractivity contribution < 1.29 is 0 Å². The standard InChI is InChI=1S/C15H17BrN4/c1-10-6-7-19-15(13(10)14(17)18)20(2)9-11-4-3-5-12(16)8-11/h3-8H,9H2,1-2H3,(H3,17,18). The molecule has 0 bridgehead atoms. The molecule has 0 amide bonds. The van der Waals surface area contributed by atoms with Crippen molar-refractivity contribution in [3.05, 3.63) is 57.7 Å². The number of rotatable bonds is 4. The number of nitrogens with zero attached hydrogens (tertiary/aromatic N) is 2. The number of nitrogens with one attached hydrogen (secondary N) is 1. The van der Waals surface area contributed by atoms with Gasteiger partial charge < -0.3 is 10.6 Å². The summed E-state index contributed by atoms with van der Waals surface area (Å²) in [6.07, 6.45) is 1.74. The van der Waals surface area contributed by atoms with Gasteiger partial charge in [-0.15, -0.1) is 0 Å². The molecule has 3 N–H and O–H groups in total. The van der Waals surface area contributed by atoms with Gasteiger partial charge in [0.15, 0.2) is 0 Å². The summed E-state index contributed by atoms with van der Waals surface area (Å²) in [5.41, 5.74) is 8.51. The van der Waals surface area contributed by atoms with Crippen LogP contribution in [-0.2, 0) is 6.54 Å². The molecule has 0 aliphatic rings. The number of hydrogen-bond donors (Lipinski definition) is 2. The fourth-order valence-corrected chi connectivity index (χ4v) is 2.60. The molecule has 0 radical (unpaired) electrons. The summed E-state index contributed by atoms with van der Waals surface area (Å²) in [6, 6.07) is 10.00. The van der Waals surface area contributed by atoms with Gasteiger partial charge in [-0.1, -0.05) is 28.1 Å². The van der Waals surface area contributed by atoms with Crippen molar-refractivity contribution in [2.45, 2.75) is 13.5 Å². The summed E-state index contributed by atoms with van der Waals surface area (Å²) in [5.74, 6) is 0.782. The Morgan fingerprint density at radius 2 is 2.15 bits per heavy atom. The highest BCUT2D eigenvalue weighted by Gasteiger charge is 2.14. The minimum atomic E-state index is 0.0479. The molecular weight excluding hydrogens is 316 g/mol. The van der Waals surface area contributed by atoms with Gasteiger partial charge in [-0.2, -0.15) is 0 Å². The number of aromatic nitrogens is 1. The molecule has 20 heavy (non-hydrogen) atoms.